The minimum absolute atomic E-state index is 0.00445. The third-order valence-corrected chi connectivity index (χ3v) is 7.22. The molecule has 1 atom stereocenters. The van der Waals surface area contributed by atoms with Gasteiger partial charge < -0.3 is 9.64 Å². The largest absolute Gasteiger partial charge is 0.443 e. The number of carbonyl (C=O) groups excluding carboxylic acids is 1. The number of halogens is 1. The Hall–Kier alpha value is -1.52. The average Bonchev–Trinajstić information content (AvgIpc) is 2.84. The van der Waals surface area contributed by atoms with Gasteiger partial charge in [0, 0.05) is 36.6 Å². The van der Waals surface area contributed by atoms with Crippen LogP contribution in [-0.2, 0) is 14.8 Å². The fourth-order valence-electron chi connectivity index (χ4n) is 3.51. The zero-order chi connectivity index (χ0) is 18.5. The Morgan fingerprint density at radius 2 is 2.12 bits per heavy atom. The van der Waals surface area contributed by atoms with Crippen molar-refractivity contribution in [3.8, 4) is 0 Å². The lowest BCUT2D eigenvalue weighted by molar-refractivity contribution is 0.143. The number of carbonyl (C=O) groups is 1. The fraction of sp³-hybridized carbons (Fsp3) is 0.562. The molecule has 0 aliphatic carbocycles. The Bertz CT molecular complexity index is 836. The molecule has 3 aliphatic rings. The van der Waals surface area contributed by atoms with Gasteiger partial charge >= 0.3 is 6.09 Å². The van der Waals surface area contributed by atoms with E-state index >= 15 is 0 Å². The van der Waals surface area contributed by atoms with Crippen molar-refractivity contribution in [2.45, 2.75) is 6.10 Å². The zero-order valence-corrected chi connectivity index (χ0v) is 15.9. The summed E-state index contributed by atoms with van der Waals surface area (Å²) in [6.45, 7) is 1.92. The molecule has 1 N–H and O–H groups in total. The van der Waals surface area contributed by atoms with Crippen LogP contribution >= 0.6 is 11.8 Å². The van der Waals surface area contributed by atoms with Crippen molar-refractivity contribution in [2.75, 3.05) is 53.7 Å². The molecule has 1 spiro atoms. The summed E-state index contributed by atoms with van der Waals surface area (Å²) in [5.74, 6) is 1.92. The number of ether oxygens (including phenoxy) is 1. The number of hydrogen-bond donors (Lipinski definition) is 1. The maximum absolute atomic E-state index is 14.6. The van der Waals surface area contributed by atoms with Crippen molar-refractivity contribution in [3.05, 3.63) is 24.0 Å². The van der Waals surface area contributed by atoms with Crippen LogP contribution in [0.4, 0.5) is 20.6 Å². The van der Waals surface area contributed by atoms with Crippen molar-refractivity contribution in [1.29, 1.82) is 0 Å². The fourth-order valence-corrected chi connectivity index (χ4v) is 5.15. The van der Waals surface area contributed by atoms with E-state index in [2.05, 4.69) is 4.72 Å². The van der Waals surface area contributed by atoms with E-state index in [4.69, 9.17) is 4.74 Å². The second-order valence-electron chi connectivity index (χ2n) is 7.22. The van der Waals surface area contributed by atoms with Gasteiger partial charge in [-0.1, -0.05) is 0 Å². The van der Waals surface area contributed by atoms with Crippen molar-refractivity contribution >= 4 is 39.3 Å². The molecule has 0 aromatic heterocycles. The Kier molecular flexibility index (Phi) is 4.31. The second kappa shape index (κ2) is 6.28. The van der Waals surface area contributed by atoms with Gasteiger partial charge in [-0.25, -0.2) is 22.3 Å². The van der Waals surface area contributed by atoms with E-state index in [1.807, 2.05) is 16.7 Å². The maximum Gasteiger partial charge on any atom is 0.414 e. The molecule has 3 fully saturated rings. The summed E-state index contributed by atoms with van der Waals surface area (Å²) < 4.78 is 44.3. The molecule has 0 radical (unpaired) electrons. The molecule has 142 valence electrons. The molecule has 1 unspecified atom stereocenters. The van der Waals surface area contributed by atoms with Crippen LogP contribution in [0.5, 0.6) is 0 Å². The first-order valence-corrected chi connectivity index (χ1v) is 11.3. The molecule has 26 heavy (non-hydrogen) atoms. The Morgan fingerprint density at radius 1 is 1.38 bits per heavy atom. The number of amides is 1. The molecular formula is C16H20FN3O4S2. The lowest BCUT2D eigenvalue weighted by Gasteiger charge is -2.56. The number of hydrogen-bond acceptors (Lipinski definition) is 6. The van der Waals surface area contributed by atoms with Gasteiger partial charge in [0.15, 0.2) is 0 Å². The summed E-state index contributed by atoms with van der Waals surface area (Å²) in [4.78, 5) is 15.4. The second-order valence-corrected chi connectivity index (χ2v) is 10.0. The standard InChI is InChI=1S/C16H20FN3O4S2/c1-26(22,23)18-5-12-6-20(15(21)24-12)11-2-3-14(13(17)4-11)19-7-16(8-19)9-25-10-16/h2-4,12,18H,5-10H2,1H3. The van der Waals surface area contributed by atoms with Crippen LogP contribution in [0, 0.1) is 11.2 Å². The Balaban J connectivity index is 1.41. The van der Waals surface area contributed by atoms with Gasteiger partial charge in [0.2, 0.25) is 10.0 Å². The first-order valence-electron chi connectivity index (χ1n) is 8.30. The van der Waals surface area contributed by atoms with E-state index in [1.165, 1.54) is 11.0 Å². The number of rotatable bonds is 5. The molecule has 1 amide bonds. The lowest BCUT2D eigenvalue weighted by atomic mass is 9.82. The topological polar surface area (TPSA) is 79.0 Å². The molecule has 10 heteroatoms. The Morgan fingerprint density at radius 3 is 2.69 bits per heavy atom. The molecule has 1 aromatic carbocycles. The molecule has 0 bridgehead atoms. The summed E-state index contributed by atoms with van der Waals surface area (Å²) in [5.41, 5.74) is 1.33. The number of nitrogens with zero attached hydrogens (tertiary/aromatic N) is 2. The van der Waals surface area contributed by atoms with Gasteiger partial charge in [0.1, 0.15) is 11.9 Å². The van der Waals surface area contributed by atoms with Crippen LogP contribution in [-0.4, -0.2) is 64.6 Å². The van der Waals surface area contributed by atoms with E-state index in [9.17, 15) is 17.6 Å². The highest BCUT2D eigenvalue weighted by Gasteiger charge is 2.48. The lowest BCUT2D eigenvalue weighted by Crippen LogP contribution is -2.63. The molecule has 7 nitrogen and oxygen atoms in total. The van der Waals surface area contributed by atoms with Crippen molar-refractivity contribution in [1.82, 2.24) is 4.72 Å². The van der Waals surface area contributed by atoms with Crippen molar-refractivity contribution < 1.29 is 22.3 Å². The first-order chi connectivity index (χ1) is 12.2. The van der Waals surface area contributed by atoms with Crippen LogP contribution in [0.15, 0.2) is 18.2 Å². The predicted molar refractivity (Wildman–Crippen MR) is 98.8 cm³/mol. The third-order valence-electron chi connectivity index (χ3n) is 4.90. The summed E-state index contributed by atoms with van der Waals surface area (Å²) in [6, 6.07) is 4.73. The summed E-state index contributed by atoms with van der Waals surface area (Å²) in [6.07, 6.45) is -0.170. The quantitative estimate of drug-likeness (QED) is 0.800. The highest BCUT2D eigenvalue weighted by Crippen LogP contribution is 2.47. The molecule has 4 rings (SSSR count). The number of cyclic esters (lactones) is 1. The van der Waals surface area contributed by atoms with Crippen LogP contribution in [0.2, 0.25) is 0 Å². The highest BCUT2D eigenvalue weighted by atomic mass is 32.2. The number of nitrogens with one attached hydrogen (secondary N) is 1. The normalized spacial score (nSPS) is 24.4. The molecule has 3 saturated heterocycles. The van der Waals surface area contributed by atoms with Crippen LogP contribution in [0.3, 0.4) is 0 Å². The van der Waals surface area contributed by atoms with Gasteiger partial charge in [-0.15, -0.1) is 0 Å². The molecule has 3 aliphatic heterocycles. The van der Waals surface area contributed by atoms with Gasteiger partial charge in [-0.05, 0) is 18.2 Å². The molecule has 1 aromatic rings. The minimum Gasteiger partial charge on any atom is -0.443 e. The number of benzene rings is 1. The summed E-state index contributed by atoms with van der Waals surface area (Å²) in [7, 11) is -3.36. The van der Waals surface area contributed by atoms with Gasteiger partial charge in [0.05, 0.1) is 24.2 Å². The smallest absolute Gasteiger partial charge is 0.414 e. The zero-order valence-electron chi connectivity index (χ0n) is 14.3. The van der Waals surface area contributed by atoms with E-state index < -0.39 is 22.2 Å². The van der Waals surface area contributed by atoms with E-state index in [0.29, 0.717) is 16.8 Å². The third kappa shape index (κ3) is 3.37. The molecule has 3 heterocycles. The van der Waals surface area contributed by atoms with Gasteiger partial charge in [-0.3, -0.25) is 4.90 Å². The molecule has 0 saturated carbocycles. The highest BCUT2D eigenvalue weighted by molar-refractivity contribution is 8.00. The monoisotopic (exact) mass is 401 g/mol. The number of thioether (sulfide) groups is 1. The predicted octanol–water partition coefficient (Wildman–Crippen LogP) is 1.25. The Labute approximate surface area is 155 Å². The van der Waals surface area contributed by atoms with Crippen LogP contribution in [0.1, 0.15) is 0 Å². The SMILES string of the molecule is CS(=O)(=O)NCC1CN(c2ccc(N3CC4(CSC4)C3)c(F)c2)C(=O)O1. The van der Waals surface area contributed by atoms with Gasteiger partial charge in [0.25, 0.3) is 0 Å². The van der Waals surface area contributed by atoms with Crippen molar-refractivity contribution in [2.24, 2.45) is 5.41 Å². The van der Waals surface area contributed by atoms with E-state index in [-0.39, 0.29) is 18.9 Å². The van der Waals surface area contributed by atoms with Crippen LogP contribution < -0.4 is 14.5 Å². The number of anilines is 2. The average molecular weight is 401 g/mol. The summed E-state index contributed by atoms with van der Waals surface area (Å²) in [5, 5.41) is 0. The van der Waals surface area contributed by atoms with Crippen LogP contribution in [0.25, 0.3) is 0 Å². The van der Waals surface area contributed by atoms with Gasteiger partial charge in [-0.2, -0.15) is 11.8 Å². The van der Waals surface area contributed by atoms with Crippen molar-refractivity contribution in [3.63, 3.8) is 0 Å². The number of sulfonamides is 1. The van der Waals surface area contributed by atoms with E-state index in [0.717, 1.165) is 30.9 Å². The van der Waals surface area contributed by atoms with E-state index in [1.54, 1.807) is 12.1 Å². The maximum atomic E-state index is 14.6. The summed E-state index contributed by atoms with van der Waals surface area (Å²) >= 11 is 1.93. The molecular weight excluding hydrogens is 381 g/mol. The minimum atomic E-state index is -3.36. The first kappa shape index (κ1) is 17.9.